The molecule has 0 bridgehead atoms. The van der Waals surface area contributed by atoms with Crippen LogP contribution in [0.3, 0.4) is 0 Å². The number of aryl methyl sites for hydroxylation is 2. The molecule has 0 aliphatic carbocycles. The topological polar surface area (TPSA) is 65.8 Å². The summed E-state index contributed by atoms with van der Waals surface area (Å²) in [6.07, 6.45) is 0.412. The lowest BCUT2D eigenvalue weighted by Gasteiger charge is -2.22. The maximum absolute atomic E-state index is 13.1. The largest absolute Gasteiger partial charge is 0.491 e. The molecule has 3 aromatic carbocycles. The minimum atomic E-state index is -0.0150. The van der Waals surface area contributed by atoms with Crippen LogP contribution in [0.25, 0.3) is 11.0 Å². The normalized spacial score (nSPS) is 17.1. The van der Waals surface area contributed by atoms with Crippen molar-refractivity contribution >= 4 is 22.6 Å². The van der Waals surface area contributed by atoms with Crippen LogP contribution in [-0.2, 0) is 11.3 Å². The minimum Gasteiger partial charge on any atom is -0.491 e. The molecule has 1 aromatic heterocycles. The van der Waals surface area contributed by atoms with E-state index in [-0.39, 0.29) is 11.8 Å². The zero-order valence-electron chi connectivity index (χ0n) is 20.6. The summed E-state index contributed by atoms with van der Waals surface area (Å²) in [5, 5.41) is 0. The Morgan fingerprint density at radius 1 is 1.00 bits per heavy atom. The zero-order valence-corrected chi connectivity index (χ0v) is 20.6. The lowest BCUT2D eigenvalue weighted by atomic mass is 10.1. The first-order valence-corrected chi connectivity index (χ1v) is 12.4. The molecule has 0 N–H and O–H groups in total. The van der Waals surface area contributed by atoms with Crippen LogP contribution in [0.4, 0.5) is 5.69 Å². The highest BCUT2D eigenvalue weighted by atomic mass is 16.6. The summed E-state index contributed by atoms with van der Waals surface area (Å²) in [4.78, 5) is 19.9. The van der Waals surface area contributed by atoms with Gasteiger partial charge < -0.3 is 23.7 Å². The Balaban J connectivity index is 1.25. The third-order valence-electron chi connectivity index (χ3n) is 6.93. The molecular formula is C29H29N3O4. The van der Waals surface area contributed by atoms with Crippen molar-refractivity contribution in [3.05, 3.63) is 77.6 Å². The first kappa shape index (κ1) is 22.5. The van der Waals surface area contributed by atoms with Crippen LogP contribution in [-0.4, -0.2) is 41.8 Å². The number of rotatable bonds is 6. The molecule has 36 heavy (non-hydrogen) atoms. The second kappa shape index (κ2) is 9.22. The number of carbonyl (C=O) groups is 1. The van der Waals surface area contributed by atoms with E-state index in [4.69, 9.17) is 19.2 Å². The number of carbonyl (C=O) groups excluding carboxylic acids is 1. The van der Waals surface area contributed by atoms with E-state index in [1.807, 2.05) is 41.3 Å². The number of fused-ring (bicyclic) bond motifs is 2. The Kier molecular flexibility index (Phi) is 5.76. The molecule has 7 nitrogen and oxygen atoms in total. The highest BCUT2D eigenvalue weighted by molar-refractivity contribution is 5.97. The molecule has 7 heteroatoms. The van der Waals surface area contributed by atoms with Crippen LogP contribution < -0.4 is 19.1 Å². The molecule has 0 saturated carbocycles. The fraction of sp³-hybridized carbons (Fsp3) is 0.310. The highest BCUT2D eigenvalue weighted by Crippen LogP contribution is 2.38. The SMILES string of the molecule is Cc1ccc(C)c(OCCn2c(C3CC(=O)N(c4ccc5c(c4)OCCO5)C3)nc3ccccc32)c1. The van der Waals surface area contributed by atoms with Gasteiger partial charge in [-0.3, -0.25) is 4.79 Å². The molecule has 1 amide bonds. The molecule has 6 rings (SSSR count). The highest BCUT2D eigenvalue weighted by Gasteiger charge is 2.35. The average molecular weight is 484 g/mol. The average Bonchev–Trinajstić information content (AvgIpc) is 3.46. The first-order valence-electron chi connectivity index (χ1n) is 12.4. The van der Waals surface area contributed by atoms with E-state index in [1.54, 1.807) is 0 Å². The summed E-state index contributed by atoms with van der Waals surface area (Å²) in [6, 6.07) is 20.1. The Bertz CT molecular complexity index is 1440. The maximum atomic E-state index is 13.1. The Morgan fingerprint density at radius 2 is 1.83 bits per heavy atom. The molecule has 1 atom stereocenters. The van der Waals surface area contributed by atoms with Crippen LogP contribution in [0.5, 0.6) is 17.2 Å². The summed E-state index contributed by atoms with van der Waals surface area (Å²) in [7, 11) is 0. The number of anilines is 1. The molecule has 4 aromatic rings. The summed E-state index contributed by atoms with van der Waals surface area (Å²) < 4.78 is 19.8. The van der Waals surface area contributed by atoms with Crippen molar-refractivity contribution in [2.45, 2.75) is 32.7 Å². The van der Waals surface area contributed by atoms with Crippen molar-refractivity contribution in [3.63, 3.8) is 0 Å². The number of aromatic nitrogens is 2. The Morgan fingerprint density at radius 3 is 2.72 bits per heavy atom. The van der Waals surface area contributed by atoms with E-state index in [0.29, 0.717) is 45.1 Å². The second-order valence-corrected chi connectivity index (χ2v) is 9.46. The van der Waals surface area contributed by atoms with E-state index in [9.17, 15) is 4.79 Å². The van der Waals surface area contributed by atoms with Gasteiger partial charge in [-0.15, -0.1) is 0 Å². The van der Waals surface area contributed by atoms with Gasteiger partial charge in [-0.25, -0.2) is 4.98 Å². The van der Waals surface area contributed by atoms with Crippen LogP contribution in [0.2, 0.25) is 0 Å². The van der Waals surface area contributed by atoms with Crippen molar-refractivity contribution < 1.29 is 19.0 Å². The molecule has 3 heterocycles. The Hall–Kier alpha value is -4.00. The fourth-order valence-corrected chi connectivity index (χ4v) is 5.08. The van der Waals surface area contributed by atoms with Crippen LogP contribution in [0, 0.1) is 13.8 Å². The summed E-state index contributed by atoms with van der Waals surface area (Å²) in [5.74, 6) is 3.31. The van der Waals surface area contributed by atoms with Gasteiger partial charge in [0.1, 0.15) is 31.4 Å². The van der Waals surface area contributed by atoms with Gasteiger partial charge in [0, 0.05) is 30.6 Å². The van der Waals surface area contributed by atoms with Gasteiger partial charge in [-0.05, 0) is 55.3 Å². The molecule has 0 radical (unpaired) electrons. The summed E-state index contributed by atoms with van der Waals surface area (Å²) in [6.45, 7) is 6.92. The molecule has 0 spiro atoms. The third kappa shape index (κ3) is 4.15. The Labute approximate surface area is 210 Å². The van der Waals surface area contributed by atoms with Crippen LogP contribution >= 0.6 is 0 Å². The predicted molar refractivity (Wildman–Crippen MR) is 138 cm³/mol. The van der Waals surface area contributed by atoms with E-state index in [2.05, 4.69) is 42.7 Å². The van der Waals surface area contributed by atoms with Gasteiger partial charge >= 0.3 is 0 Å². The summed E-state index contributed by atoms with van der Waals surface area (Å²) >= 11 is 0. The number of para-hydroxylation sites is 2. The van der Waals surface area contributed by atoms with Crippen molar-refractivity contribution in [1.29, 1.82) is 0 Å². The number of amides is 1. The number of hydrogen-bond acceptors (Lipinski definition) is 5. The predicted octanol–water partition coefficient (Wildman–Crippen LogP) is 5.02. The van der Waals surface area contributed by atoms with Gasteiger partial charge in [0.2, 0.25) is 5.91 Å². The third-order valence-corrected chi connectivity index (χ3v) is 6.93. The molecular weight excluding hydrogens is 454 g/mol. The van der Waals surface area contributed by atoms with Crippen LogP contribution in [0.1, 0.15) is 29.3 Å². The number of ether oxygens (including phenoxy) is 3. The number of imidazole rings is 1. The van der Waals surface area contributed by atoms with E-state index < -0.39 is 0 Å². The summed E-state index contributed by atoms with van der Waals surface area (Å²) in [5.41, 5.74) is 5.11. The van der Waals surface area contributed by atoms with Gasteiger partial charge in [-0.1, -0.05) is 24.3 Å². The van der Waals surface area contributed by atoms with Gasteiger partial charge in [-0.2, -0.15) is 0 Å². The van der Waals surface area contributed by atoms with E-state index in [0.717, 1.165) is 39.6 Å². The monoisotopic (exact) mass is 483 g/mol. The van der Waals surface area contributed by atoms with Gasteiger partial charge in [0.05, 0.1) is 17.6 Å². The van der Waals surface area contributed by atoms with Gasteiger partial charge in [0.15, 0.2) is 11.5 Å². The number of nitrogens with zero attached hydrogens (tertiary/aromatic N) is 3. The fourth-order valence-electron chi connectivity index (χ4n) is 5.08. The minimum absolute atomic E-state index is 0.0150. The van der Waals surface area contributed by atoms with Crippen molar-refractivity contribution in [2.24, 2.45) is 0 Å². The quantitative estimate of drug-likeness (QED) is 0.385. The maximum Gasteiger partial charge on any atom is 0.227 e. The van der Waals surface area contributed by atoms with Crippen molar-refractivity contribution in [2.75, 3.05) is 31.3 Å². The van der Waals surface area contributed by atoms with Crippen LogP contribution in [0.15, 0.2) is 60.7 Å². The van der Waals surface area contributed by atoms with E-state index >= 15 is 0 Å². The molecule has 1 unspecified atom stereocenters. The molecule has 2 aliphatic rings. The molecule has 2 aliphatic heterocycles. The molecule has 1 fully saturated rings. The van der Waals surface area contributed by atoms with E-state index in [1.165, 1.54) is 5.56 Å². The zero-order chi connectivity index (χ0) is 24.6. The number of hydrogen-bond donors (Lipinski definition) is 0. The molecule has 184 valence electrons. The number of benzene rings is 3. The van der Waals surface area contributed by atoms with Crippen molar-refractivity contribution in [3.8, 4) is 17.2 Å². The standard InChI is InChI=1S/C29H29N3O4/c1-19-7-8-20(2)26(15-19)34-12-11-31-24-6-4-3-5-23(24)30-29(31)21-16-28(33)32(18-21)22-9-10-25-27(17-22)36-14-13-35-25/h3-10,15,17,21H,11-14,16,18H2,1-2H3. The first-order chi connectivity index (χ1) is 17.6. The molecule has 1 saturated heterocycles. The van der Waals surface area contributed by atoms with Crippen molar-refractivity contribution in [1.82, 2.24) is 9.55 Å². The lowest BCUT2D eigenvalue weighted by Crippen LogP contribution is -2.25. The lowest BCUT2D eigenvalue weighted by molar-refractivity contribution is -0.117. The smallest absolute Gasteiger partial charge is 0.227 e. The second-order valence-electron chi connectivity index (χ2n) is 9.46. The van der Waals surface area contributed by atoms with Gasteiger partial charge in [0.25, 0.3) is 0 Å².